The van der Waals surface area contributed by atoms with Crippen LogP contribution in [-0.4, -0.2) is 54.2 Å². The second kappa shape index (κ2) is 8.54. The number of anilines is 2. The molecule has 0 saturated carbocycles. The maximum Gasteiger partial charge on any atom is 0.416 e. The molecule has 1 unspecified atom stereocenters. The number of amides is 2. The van der Waals surface area contributed by atoms with E-state index in [9.17, 15) is 18.0 Å². The Hall–Kier alpha value is -3.04. The van der Waals surface area contributed by atoms with Gasteiger partial charge >= 0.3 is 12.2 Å². The number of alkyl halides is 3. The van der Waals surface area contributed by atoms with Crippen LogP contribution in [0.4, 0.5) is 29.5 Å². The van der Waals surface area contributed by atoms with Crippen molar-refractivity contribution in [1.82, 2.24) is 14.9 Å². The summed E-state index contributed by atoms with van der Waals surface area (Å²) in [4.78, 5) is 24.3. The van der Waals surface area contributed by atoms with E-state index in [1.807, 2.05) is 14.1 Å². The molecule has 29 heavy (non-hydrogen) atoms. The van der Waals surface area contributed by atoms with Gasteiger partial charge in [0, 0.05) is 38.7 Å². The van der Waals surface area contributed by atoms with Crippen LogP contribution in [0.15, 0.2) is 36.7 Å². The van der Waals surface area contributed by atoms with Crippen LogP contribution in [0.3, 0.4) is 0 Å². The Kier molecular flexibility index (Phi) is 6.09. The van der Waals surface area contributed by atoms with E-state index in [1.165, 1.54) is 23.2 Å². The fourth-order valence-electron chi connectivity index (χ4n) is 3.06. The number of benzene rings is 1. The maximum atomic E-state index is 12.9. The first-order chi connectivity index (χ1) is 13.7. The van der Waals surface area contributed by atoms with Crippen LogP contribution in [0, 0.1) is 0 Å². The molecule has 10 heteroatoms. The van der Waals surface area contributed by atoms with Crippen LogP contribution < -0.4 is 15.0 Å². The monoisotopic (exact) mass is 409 g/mol. The van der Waals surface area contributed by atoms with E-state index >= 15 is 0 Å². The number of nitrogens with one attached hydrogen (secondary N) is 1. The predicted octanol–water partition coefficient (Wildman–Crippen LogP) is 3.64. The van der Waals surface area contributed by atoms with E-state index in [-0.39, 0.29) is 11.8 Å². The molecule has 1 aliphatic rings. The maximum absolute atomic E-state index is 12.9. The number of rotatable bonds is 4. The van der Waals surface area contributed by atoms with Crippen LogP contribution in [0.5, 0.6) is 5.88 Å². The molecule has 1 aliphatic heterocycles. The highest BCUT2D eigenvalue weighted by Crippen LogP contribution is 2.31. The number of carbonyl (C=O) groups excluding carboxylic acids is 1. The van der Waals surface area contributed by atoms with Crippen molar-refractivity contribution >= 4 is 17.5 Å². The van der Waals surface area contributed by atoms with Gasteiger partial charge in [0.15, 0.2) is 5.82 Å². The van der Waals surface area contributed by atoms with Crippen molar-refractivity contribution in [3.8, 4) is 5.88 Å². The molecule has 2 amide bonds. The SMILES string of the molecule is CN(C)c1nccnc1OC1CCCN(C(=O)Nc2cccc(C(F)(F)F)c2)C1. The molecule has 2 heterocycles. The van der Waals surface area contributed by atoms with Gasteiger partial charge in [-0.25, -0.2) is 14.8 Å². The molecule has 0 radical (unpaired) electrons. The number of carbonyl (C=O) groups is 1. The molecule has 2 aromatic rings. The van der Waals surface area contributed by atoms with E-state index in [0.29, 0.717) is 31.2 Å². The van der Waals surface area contributed by atoms with E-state index in [4.69, 9.17) is 4.74 Å². The molecule has 156 valence electrons. The predicted molar refractivity (Wildman–Crippen MR) is 102 cm³/mol. The number of aromatic nitrogens is 2. The van der Waals surface area contributed by atoms with E-state index in [0.717, 1.165) is 18.6 Å². The molecule has 1 fully saturated rings. The molecule has 0 spiro atoms. The Morgan fingerprint density at radius 3 is 2.76 bits per heavy atom. The highest BCUT2D eigenvalue weighted by molar-refractivity contribution is 5.89. The average Bonchev–Trinajstić information content (AvgIpc) is 2.68. The van der Waals surface area contributed by atoms with Crippen molar-refractivity contribution in [2.45, 2.75) is 25.1 Å². The second-order valence-electron chi connectivity index (χ2n) is 6.92. The summed E-state index contributed by atoms with van der Waals surface area (Å²) in [7, 11) is 3.65. The Morgan fingerprint density at radius 1 is 1.28 bits per heavy atom. The van der Waals surface area contributed by atoms with Crippen LogP contribution in [0.2, 0.25) is 0 Å². The molecular formula is C19H22F3N5O2. The minimum absolute atomic E-state index is 0.0942. The minimum Gasteiger partial charge on any atom is -0.470 e. The van der Waals surface area contributed by atoms with Gasteiger partial charge in [0.1, 0.15) is 6.10 Å². The summed E-state index contributed by atoms with van der Waals surface area (Å²) in [6.45, 7) is 0.792. The van der Waals surface area contributed by atoms with Gasteiger partial charge in [0.05, 0.1) is 12.1 Å². The van der Waals surface area contributed by atoms with Crippen molar-refractivity contribution in [3.05, 3.63) is 42.2 Å². The van der Waals surface area contributed by atoms with Gasteiger partial charge in [0.25, 0.3) is 5.88 Å². The number of ether oxygens (including phenoxy) is 1. The standard InChI is InChI=1S/C19H22F3N5O2/c1-26(2)16-17(24-9-8-23-16)29-15-7-4-10-27(12-15)18(28)25-14-6-3-5-13(11-14)19(20,21)22/h3,5-6,8-9,11,15H,4,7,10,12H2,1-2H3,(H,25,28). The first kappa shape index (κ1) is 20.7. The summed E-state index contributed by atoms with van der Waals surface area (Å²) in [5, 5.41) is 2.53. The number of urea groups is 1. The second-order valence-corrected chi connectivity index (χ2v) is 6.92. The van der Waals surface area contributed by atoms with Crippen LogP contribution in [0.1, 0.15) is 18.4 Å². The number of halogens is 3. The number of hydrogen-bond donors (Lipinski definition) is 1. The molecule has 1 atom stereocenters. The fourth-order valence-corrected chi connectivity index (χ4v) is 3.06. The highest BCUT2D eigenvalue weighted by Gasteiger charge is 2.31. The van der Waals surface area contributed by atoms with Gasteiger partial charge in [0.2, 0.25) is 0 Å². The summed E-state index contributed by atoms with van der Waals surface area (Å²) in [6.07, 6.45) is -0.214. The fraction of sp³-hybridized carbons (Fsp3) is 0.421. The van der Waals surface area contributed by atoms with Crippen molar-refractivity contribution in [2.75, 3.05) is 37.4 Å². The summed E-state index contributed by atoms with van der Waals surface area (Å²) in [5.41, 5.74) is -0.717. The van der Waals surface area contributed by atoms with Crippen molar-refractivity contribution < 1.29 is 22.7 Å². The first-order valence-electron chi connectivity index (χ1n) is 9.12. The lowest BCUT2D eigenvalue weighted by Crippen LogP contribution is -2.46. The Morgan fingerprint density at radius 2 is 2.03 bits per heavy atom. The average molecular weight is 409 g/mol. The molecule has 0 bridgehead atoms. The van der Waals surface area contributed by atoms with Crippen LogP contribution in [-0.2, 0) is 6.18 Å². The lowest BCUT2D eigenvalue weighted by molar-refractivity contribution is -0.137. The normalized spacial score (nSPS) is 17.0. The lowest BCUT2D eigenvalue weighted by atomic mass is 10.1. The summed E-state index contributed by atoms with van der Waals surface area (Å²) in [6, 6.07) is 4.10. The Labute approximate surface area is 166 Å². The van der Waals surface area contributed by atoms with Gasteiger partial charge in [-0.1, -0.05) is 6.07 Å². The number of nitrogens with zero attached hydrogens (tertiary/aromatic N) is 4. The lowest BCUT2D eigenvalue weighted by Gasteiger charge is -2.33. The molecular weight excluding hydrogens is 387 g/mol. The largest absolute Gasteiger partial charge is 0.470 e. The third kappa shape index (κ3) is 5.27. The van der Waals surface area contributed by atoms with Crippen molar-refractivity contribution in [3.63, 3.8) is 0 Å². The van der Waals surface area contributed by atoms with Gasteiger partial charge < -0.3 is 19.9 Å². The van der Waals surface area contributed by atoms with Gasteiger partial charge in [-0.3, -0.25) is 0 Å². The van der Waals surface area contributed by atoms with Crippen LogP contribution >= 0.6 is 0 Å². The zero-order chi connectivity index (χ0) is 21.0. The van der Waals surface area contributed by atoms with Crippen molar-refractivity contribution in [2.24, 2.45) is 0 Å². The third-order valence-corrected chi connectivity index (χ3v) is 4.46. The smallest absolute Gasteiger partial charge is 0.416 e. The Balaban J connectivity index is 1.64. The van der Waals surface area contributed by atoms with E-state index in [2.05, 4.69) is 15.3 Å². The molecule has 1 saturated heterocycles. The zero-order valence-electron chi connectivity index (χ0n) is 16.1. The third-order valence-electron chi connectivity index (χ3n) is 4.46. The van der Waals surface area contributed by atoms with Crippen molar-refractivity contribution in [1.29, 1.82) is 0 Å². The summed E-state index contributed by atoms with van der Waals surface area (Å²) < 4.78 is 44.5. The van der Waals surface area contributed by atoms with E-state index in [1.54, 1.807) is 11.1 Å². The number of piperidine rings is 1. The molecule has 0 aliphatic carbocycles. The summed E-state index contributed by atoms with van der Waals surface area (Å²) in [5.74, 6) is 0.959. The van der Waals surface area contributed by atoms with Gasteiger partial charge in [-0.05, 0) is 31.0 Å². The van der Waals surface area contributed by atoms with Crippen LogP contribution in [0.25, 0.3) is 0 Å². The van der Waals surface area contributed by atoms with Gasteiger partial charge in [-0.2, -0.15) is 13.2 Å². The zero-order valence-corrected chi connectivity index (χ0v) is 16.1. The van der Waals surface area contributed by atoms with E-state index < -0.39 is 17.8 Å². The van der Waals surface area contributed by atoms with Gasteiger partial charge in [-0.15, -0.1) is 0 Å². The number of likely N-dealkylation sites (tertiary alicyclic amines) is 1. The molecule has 7 nitrogen and oxygen atoms in total. The Bertz CT molecular complexity index is 860. The summed E-state index contributed by atoms with van der Waals surface area (Å²) >= 11 is 0. The quantitative estimate of drug-likeness (QED) is 0.835. The minimum atomic E-state index is -4.47. The molecule has 1 aromatic carbocycles. The molecule has 3 rings (SSSR count). The highest BCUT2D eigenvalue weighted by atomic mass is 19.4. The number of hydrogen-bond acceptors (Lipinski definition) is 5. The topological polar surface area (TPSA) is 70.6 Å². The first-order valence-corrected chi connectivity index (χ1v) is 9.12. The molecule has 1 aromatic heterocycles. The molecule has 1 N–H and O–H groups in total.